The van der Waals surface area contributed by atoms with Crippen LogP contribution in [0.15, 0.2) is 22.7 Å². The van der Waals surface area contributed by atoms with Crippen LogP contribution in [-0.2, 0) is 5.41 Å². The molecule has 1 aliphatic carbocycles. The average molecular weight is 283 g/mol. The maximum absolute atomic E-state index is 5.60. The zero-order valence-corrected chi connectivity index (χ0v) is 11.9. The lowest BCUT2D eigenvalue weighted by Gasteiger charge is -2.35. The van der Waals surface area contributed by atoms with Crippen molar-refractivity contribution in [1.82, 2.24) is 0 Å². The molecule has 2 heteroatoms. The maximum Gasteiger partial charge on any atom is 0.0292 e. The zero-order valence-electron chi connectivity index (χ0n) is 9.52. The van der Waals surface area contributed by atoms with Crippen LogP contribution in [0.3, 0.4) is 0 Å². The Morgan fingerprint density at radius 2 is 1.67 bits per heavy atom. The predicted octanol–water partition coefficient (Wildman–Crippen LogP) is 4.48. The van der Waals surface area contributed by atoms with Gasteiger partial charge in [0.2, 0.25) is 0 Å². The van der Waals surface area contributed by atoms with Crippen molar-refractivity contribution in [3.63, 3.8) is 0 Å². The van der Waals surface area contributed by atoms with Gasteiger partial charge >= 0.3 is 0 Å². The van der Waals surface area contributed by atoms with Crippen molar-refractivity contribution in [2.45, 2.75) is 33.1 Å². The van der Waals surface area contributed by atoms with Crippen molar-refractivity contribution in [3.8, 4) is 0 Å². The quantitative estimate of drug-likeness (QED) is 0.632. The first-order chi connectivity index (χ1) is 6.80. The molecule has 0 unspecified atom stereocenters. The maximum atomic E-state index is 5.60. The lowest BCUT2D eigenvalue weighted by Crippen LogP contribution is -2.35. The molecule has 0 aliphatic heterocycles. The van der Waals surface area contributed by atoms with Crippen molar-refractivity contribution in [2.75, 3.05) is 0 Å². The molecule has 0 atom stereocenters. The number of halogens is 1. The molecule has 0 saturated carbocycles. The monoisotopic (exact) mass is 282 g/mol. The van der Waals surface area contributed by atoms with Crippen LogP contribution in [0.4, 0.5) is 0 Å². The van der Waals surface area contributed by atoms with Gasteiger partial charge in [-0.3, -0.25) is 0 Å². The number of fused-ring (bicyclic) bond motifs is 1. The van der Waals surface area contributed by atoms with Gasteiger partial charge in [0.25, 0.3) is 0 Å². The summed E-state index contributed by atoms with van der Waals surface area (Å²) in [6, 6.07) is 6.30. The van der Waals surface area contributed by atoms with Gasteiger partial charge in [-0.2, -0.15) is 0 Å². The second-order valence-electron chi connectivity index (χ2n) is 5.24. The van der Waals surface area contributed by atoms with Gasteiger partial charge < -0.3 is 0 Å². The van der Waals surface area contributed by atoms with Crippen LogP contribution in [0.5, 0.6) is 0 Å². The number of hydrogen-bond donors (Lipinski definition) is 0. The molecule has 0 fully saturated rings. The van der Waals surface area contributed by atoms with E-state index >= 15 is 0 Å². The first-order valence-corrected chi connectivity index (χ1v) is 6.34. The van der Waals surface area contributed by atoms with Crippen molar-refractivity contribution >= 4 is 33.0 Å². The molecule has 1 aromatic carbocycles. The summed E-state index contributed by atoms with van der Waals surface area (Å²) in [5, 5.41) is 0. The van der Waals surface area contributed by atoms with E-state index in [1.807, 2.05) is 0 Å². The van der Waals surface area contributed by atoms with E-state index in [-0.39, 0.29) is 10.8 Å². The Kier molecular flexibility index (Phi) is 2.36. The number of hydrogen-bond acceptors (Lipinski definition) is 1. The Morgan fingerprint density at radius 3 is 2.20 bits per heavy atom. The zero-order chi connectivity index (χ0) is 11.4. The minimum Gasteiger partial charge on any atom is -0.0836 e. The first kappa shape index (κ1) is 11.3. The fourth-order valence-corrected chi connectivity index (χ4v) is 3.57. The van der Waals surface area contributed by atoms with E-state index in [1.54, 1.807) is 0 Å². The Morgan fingerprint density at radius 1 is 1.07 bits per heavy atom. The van der Waals surface area contributed by atoms with E-state index in [9.17, 15) is 0 Å². The second kappa shape index (κ2) is 3.14. The third-order valence-corrected chi connectivity index (χ3v) is 5.40. The van der Waals surface area contributed by atoms with Gasteiger partial charge in [-0.25, -0.2) is 0 Å². The van der Waals surface area contributed by atoms with Crippen molar-refractivity contribution in [2.24, 2.45) is 5.41 Å². The summed E-state index contributed by atoms with van der Waals surface area (Å²) in [6.07, 6.45) is 0. The highest BCUT2D eigenvalue weighted by molar-refractivity contribution is 9.10. The Hall–Kier alpha value is -0.210. The minimum atomic E-state index is 0.0501. The smallest absolute Gasteiger partial charge is 0.0292 e. The van der Waals surface area contributed by atoms with Gasteiger partial charge in [0.05, 0.1) is 0 Å². The fourth-order valence-electron chi connectivity index (χ4n) is 2.28. The number of thiocarbonyl (C=S) groups is 1. The van der Waals surface area contributed by atoms with Gasteiger partial charge in [-0.1, -0.05) is 68.0 Å². The van der Waals surface area contributed by atoms with Crippen LogP contribution >= 0.6 is 28.1 Å². The van der Waals surface area contributed by atoms with E-state index in [4.69, 9.17) is 12.2 Å². The van der Waals surface area contributed by atoms with E-state index in [1.165, 1.54) is 15.6 Å². The van der Waals surface area contributed by atoms with Crippen molar-refractivity contribution in [3.05, 3.63) is 33.8 Å². The summed E-state index contributed by atoms with van der Waals surface area (Å²) in [5.41, 5.74) is 2.75. The second-order valence-corrected chi connectivity index (χ2v) is 6.50. The molecule has 0 nitrogen and oxygen atoms in total. The third-order valence-electron chi connectivity index (χ3n) is 4.01. The van der Waals surface area contributed by atoms with E-state index in [2.05, 4.69) is 61.8 Å². The van der Waals surface area contributed by atoms with Gasteiger partial charge in [0, 0.05) is 20.2 Å². The molecule has 0 aromatic heterocycles. The van der Waals surface area contributed by atoms with Crippen LogP contribution in [0, 0.1) is 5.41 Å². The summed E-state index contributed by atoms with van der Waals surface area (Å²) in [5.74, 6) is 0. The summed E-state index contributed by atoms with van der Waals surface area (Å²) >= 11 is 9.24. The molecule has 0 bridgehead atoms. The Balaban J connectivity index is 2.81. The summed E-state index contributed by atoms with van der Waals surface area (Å²) in [4.78, 5) is 1.09. The summed E-state index contributed by atoms with van der Waals surface area (Å²) in [7, 11) is 0. The first-order valence-electron chi connectivity index (χ1n) is 5.14. The standard InChI is InChI=1S/C13H15BrS/c1-12(2)10-8(6-5-7-9(10)14)11(15)13(12,3)4/h5-7H,1-4H3. The van der Waals surface area contributed by atoms with Crippen LogP contribution in [0.25, 0.3) is 0 Å². The largest absolute Gasteiger partial charge is 0.0836 e. The van der Waals surface area contributed by atoms with Gasteiger partial charge in [-0.15, -0.1) is 0 Å². The topological polar surface area (TPSA) is 0 Å². The van der Waals surface area contributed by atoms with Crippen LogP contribution in [-0.4, -0.2) is 4.86 Å². The summed E-state index contributed by atoms with van der Waals surface area (Å²) in [6.45, 7) is 9.02. The molecule has 1 aliphatic rings. The molecule has 0 radical (unpaired) electrons. The minimum absolute atomic E-state index is 0.0501. The predicted molar refractivity (Wildman–Crippen MR) is 72.6 cm³/mol. The van der Waals surface area contributed by atoms with Crippen molar-refractivity contribution in [1.29, 1.82) is 0 Å². The highest BCUT2D eigenvalue weighted by Crippen LogP contribution is 2.53. The Labute approximate surface area is 105 Å². The van der Waals surface area contributed by atoms with Gasteiger partial charge in [0.1, 0.15) is 0 Å². The SMILES string of the molecule is CC1(C)C(=S)c2cccc(Br)c2C1(C)C. The molecule has 80 valence electrons. The highest BCUT2D eigenvalue weighted by atomic mass is 79.9. The van der Waals surface area contributed by atoms with Crippen molar-refractivity contribution < 1.29 is 0 Å². The molecule has 1 aromatic rings. The van der Waals surface area contributed by atoms with E-state index in [0.29, 0.717) is 0 Å². The molecule has 0 N–H and O–H groups in total. The summed E-state index contributed by atoms with van der Waals surface area (Å²) < 4.78 is 1.18. The lowest BCUT2D eigenvalue weighted by atomic mass is 9.68. The molecule has 0 saturated heterocycles. The number of benzene rings is 1. The average Bonchev–Trinajstić information content (AvgIpc) is 2.27. The molecule has 15 heavy (non-hydrogen) atoms. The highest BCUT2D eigenvalue weighted by Gasteiger charge is 2.50. The Bertz CT molecular complexity index is 444. The molecule has 0 heterocycles. The third kappa shape index (κ3) is 1.27. The van der Waals surface area contributed by atoms with Crippen LogP contribution < -0.4 is 0 Å². The fraction of sp³-hybridized carbons (Fsp3) is 0.462. The van der Waals surface area contributed by atoms with Crippen LogP contribution in [0.1, 0.15) is 38.8 Å². The lowest BCUT2D eigenvalue weighted by molar-refractivity contribution is 0.313. The molecule has 0 amide bonds. The molecular formula is C13H15BrS. The van der Waals surface area contributed by atoms with E-state index < -0.39 is 0 Å². The molecule has 0 spiro atoms. The number of rotatable bonds is 0. The molecular weight excluding hydrogens is 268 g/mol. The normalized spacial score (nSPS) is 21.5. The van der Waals surface area contributed by atoms with Crippen LogP contribution in [0.2, 0.25) is 0 Å². The van der Waals surface area contributed by atoms with E-state index in [0.717, 1.165) is 4.86 Å². The van der Waals surface area contributed by atoms with Gasteiger partial charge in [-0.05, 0) is 17.2 Å². The van der Waals surface area contributed by atoms with Gasteiger partial charge in [0.15, 0.2) is 0 Å². The molecule has 2 rings (SSSR count).